The third-order valence-electron chi connectivity index (χ3n) is 4.63. The van der Waals surface area contributed by atoms with Crippen LogP contribution in [-0.4, -0.2) is 9.97 Å². The van der Waals surface area contributed by atoms with E-state index in [2.05, 4.69) is 9.97 Å². The summed E-state index contributed by atoms with van der Waals surface area (Å²) in [6.07, 6.45) is 0. The van der Waals surface area contributed by atoms with E-state index in [-0.39, 0.29) is 11.6 Å². The molecule has 0 aliphatic heterocycles. The number of fused-ring (bicyclic) bond motifs is 1. The van der Waals surface area contributed by atoms with E-state index in [1.807, 2.05) is 48.6 Å². The summed E-state index contributed by atoms with van der Waals surface area (Å²) in [6, 6.07) is 15.0. The Kier molecular flexibility index (Phi) is 5.02. The summed E-state index contributed by atoms with van der Waals surface area (Å²) >= 11 is 1.47. The van der Waals surface area contributed by atoms with Gasteiger partial charge in [0.25, 0.3) is 5.56 Å². The lowest BCUT2D eigenvalue weighted by atomic mass is 10.1. The standard InChI is InChI=1S/C21H17F2N3OS/c1-12(15-8-7-14(22)9-17(15)23)24-11-19-25-20(27)16-10-18(28-21(16)26-19)13-5-3-2-4-6-13/h2-10,12,24H,11H2,1H3,(H,25,26,27)/p+1/t12-/m0/s1. The average molecular weight is 398 g/mol. The Hall–Kier alpha value is -2.90. The zero-order valence-corrected chi connectivity index (χ0v) is 15.9. The van der Waals surface area contributed by atoms with Crippen LogP contribution >= 0.6 is 11.3 Å². The minimum atomic E-state index is -0.600. The second kappa shape index (κ2) is 7.61. The smallest absolute Gasteiger partial charge is 0.259 e. The number of benzene rings is 2. The van der Waals surface area contributed by atoms with Crippen molar-refractivity contribution in [1.82, 2.24) is 9.97 Å². The topological polar surface area (TPSA) is 62.4 Å². The zero-order chi connectivity index (χ0) is 19.7. The predicted molar refractivity (Wildman–Crippen MR) is 106 cm³/mol. The maximum atomic E-state index is 13.9. The number of nitrogens with one attached hydrogen (secondary N) is 1. The number of rotatable bonds is 5. The molecule has 0 radical (unpaired) electrons. The number of hydrogen-bond acceptors (Lipinski definition) is 3. The lowest BCUT2D eigenvalue weighted by Gasteiger charge is -2.11. The van der Waals surface area contributed by atoms with Gasteiger partial charge in [0.1, 0.15) is 29.1 Å². The number of thiophene rings is 1. The summed E-state index contributed by atoms with van der Waals surface area (Å²) in [6.45, 7) is 2.20. The van der Waals surface area contributed by atoms with Crippen LogP contribution in [0.4, 0.5) is 8.78 Å². The number of halogens is 2. The lowest BCUT2D eigenvalue weighted by Crippen LogP contribution is -2.83. The van der Waals surface area contributed by atoms with Gasteiger partial charge in [0.2, 0.25) is 0 Å². The molecule has 0 spiro atoms. The maximum absolute atomic E-state index is 13.9. The number of hydrogen-bond donors (Lipinski definition) is 2. The molecule has 0 saturated carbocycles. The molecule has 0 bridgehead atoms. The fourth-order valence-corrected chi connectivity index (χ4v) is 4.16. The van der Waals surface area contributed by atoms with E-state index in [0.29, 0.717) is 28.1 Å². The molecule has 28 heavy (non-hydrogen) atoms. The molecule has 2 heterocycles. The summed E-state index contributed by atoms with van der Waals surface area (Å²) < 4.78 is 27.0. The number of nitrogens with zero attached hydrogens (tertiary/aromatic N) is 1. The van der Waals surface area contributed by atoms with Gasteiger partial charge in [-0.25, -0.2) is 13.8 Å². The van der Waals surface area contributed by atoms with E-state index in [4.69, 9.17) is 0 Å². The summed E-state index contributed by atoms with van der Waals surface area (Å²) in [5, 5.41) is 2.41. The molecule has 0 aliphatic carbocycles. The molecular formula is C21H18F2N3OS+. The van der Waals surface area contributed by atoms with Crippen LogP contribution in [0, 0.1) is 11.6 Å². The van der Waals surface area contributed by atoms with Crippen LogP contribution in [0.15, 0.2) is 59.4 Å². The quantitative estimate of drug-likeness (QED) is 0.538. The van der Waals surface area contributed by atoms with Crippen LogP contribution in [0.1, 0.15) is 24.4 Å². The van der Waals surface area contributed by atoms with Gasteiger partial charge in [-0.15, -0.1) is 11.3 Å². The van der Waals surface area contributed by atoms with Crippen molar-refractivity contribution in [2.45, 2.75) is 19.5 Å². The van der Waals surface area contributed by atoms with Crippen LogP contribution in [0.3, 0.4) is 0 Å². The van der Waals surface area contributed by atoms with Gasteiger partial charge in [0.05, 0.1) is 5.39 Å². The van der Waals surface area contributed by atoms with Gasteiger partial charge >= 0.3 is 0 Å². The second-order valence-corrected chi connectivity index (χ2v) is 7.63. The van der Waals surface area contributed by atoms with E-state index in [1.165, 1.54) is 23.5 Å². The minimum Gasteiger partial charge on any atom is -0.334 e. The minimum absolute atomic E-state index is 0.188. The molecule has 0 unspecified atom stereocenters. The Morgan fingerprint density at radius 2 is 1.93 bits per heavy atom. The number of aromatic amines is 1. The van der Waals surface area contributed by atoms with Gasteiger partial charge in [-0.2, -0.15) is 0 Å². The predicted octanol–water partition coefficient (Wildman–Crippen LogP) is 3.75. The van der Waals surface area contributed by atoms with Crippen molar-refractivity contribution in [3.8, 4) is 10.4 Å². The lowest BCUT2D eigenvalue weighted by molar-refractivity contribution is -0.709. The van der Waals surface area contributed by atoms with Crippen LogP contribution in [0.2, 0.25) is 0 Å². The van der Waals surface area contributed by atoms with Crippen molar-refractivity contribution in [3.05, 3.63) is 88.0 Å². The zero-order valence-electron chi connectivity index (χ0n) is 15.1. The Bertz CT molecular complexity index is 1190. The number of quaternary nitrogens is 1. The molecule has 0 fully saturated rings. The Labute approximate surface area is 163 Å². The van der Waals surface area contributed by atoms with Crippen molar-refractivity contribution < 1.29 is 14.1 Å². The van der Waals surface area contributed by atoms with Crippen molar-refractivity contribution in [3.63, 3.8) is 0 Å². The molecular weight excluding hydrogens is 380 g/mol. The molecule has 3 N–H and O–H groups in total. The summed E-state index contributed by atoms with van der Waals surface area (Å²) in [4.78, 5) is 21.5. The first-order valence-electron chi connectivity index (χ1n) is 8.87. The highest BCUT2D eigenvalue weighted by atomic mass is 32.1. The first kappa shape index (κ1) is 18.5. The van der Waals surface area contributed by atoms with E-state index in [9.17, 15) is 13.6 Å². The van der Waals surface area contributed by atoms with Crippen LogP contribution in [-0.2, 0) is 6.54 Å². The molecule has 2 aromatic heterocycles. The van der Waals surface area contributed by atoms with Crippen molar-refractivity contribution in [1.29, 1.82) is 0 Å². The monoisotopic (exact) mass is 398 g/mol. The van der Waals surface area contributed by atoms with Crippen molar-refractivity contribution in [2.24, 2.45) is 0 Å². The van der Waals surface area contributed by atoms with Gasteiger partial charge in [-0.05, 0) is 30.7 Å². The molecule has 0 amide bonds. The van der Waals surface area contributed by atoms with Gasteiger partial charge in [-0.3, -0.25) is 4.79 Å². The van der Waals surface area contributed by atoms with E-state index < -0.39 is 11.6 Å². The Morgan fingerprint density at radius 1 is 1.14 bits per heavy atom. The fourth-order valence-electron chi connectivity index (χ4n) is 3.10. The highest BCUT2D eigenvalue weighted by molar-refractivity contribution is 7.21. The van der Waals surface area contributed by atoms with Crippen LogP contribution in [0.5, 0.6) is 0 Å². The van der Waals surface area contributed by atoms with Gasteiger partial charge in [0, 0.05) is 16.5 Å². The molecule has 142 valence electrons. The molecule has 0 saturated heterocycles. The molecule has 1 atom stereocenters. The molecule has 4 aromatic rings. The van der Waals surface area contributed by atoms with Gasteiger partial charge in [-0.1, -0.05) is 30.3 Å². The molecule has 0 aliphatic rings. The van der Waals surface area contributed by atoms with E-state index >= 15 is 0 Å². The number of H-pyrrole nitrogens is 1. The van der Waals surface area contributed by atoms with Gasteiger partial charge in [0.15, 0.2) is 5.82 Å². The van der Waals surface area contributed by atoms with Gasteiger partial charge < -0.3 is 10.3 Å². The third kappa shape index (κ3) is 3.72. The first-order chi connectivity index (χ1) is 13.5. The van der Waals surface area contributed by atoms with Crippen LogP contribution in [0.25, 0.3) is 20.7 Å². The van der Waals surface area contributed by atoms with E-state index in [1.54, 1.807) is 0 Å². The third-order valence-corrected chi connectivity index (χ3v) is 5.71. The average Bonchev–Trinajstić information content (AvgIpc) is 3.12. The molecule has 4 rings (SSSR count). The van der Waals surface area contributed by atoms with E-state index in [0.717, 1.165) is 16.5 Å². The maximum Gasteiger partial charge on any atom is 0.259 e. The van der Waals surface area contributed by atoms with Crippen LogP contribution < -0.4 is 10.9 Å². The summed E-state index contributed by atoms with van der Waals surface area (Å²) in [5.74, 6) is -0.656. The summed E-state index contributed by atoms with van der Waals surface area (Å²) in [5.41, 5.74) is 1.26. The van der Waals surface area contributed by atoms with Crippen molar-refractivity contribution in [2.75, 3.05) is 0 Å². The summed E-state index contributed by atoms with van der Waals surface area (Å²) in [7, 11) is 0. The highest BCUT2D eigenvalue weighted by Crippen LogP contribution is 2.30. The number of aromatic nitrogens is 2. The highest BCUT2D eigenvalue weighted by Gasteiger charge is 2.16. The second-order valence-electron chi connectivity index (χ2n) is 6.60. The van der Waals surface area contributed by atoms with Crippen molar-refractivity contribution >= 4 is 21.6 Å². The molecule has 2 aromatic carbocycles. The molecule has 7 heteroatoms. The fraction of sp³-hybridized carbons (Fsp3) is 0.143. The molecule has 4 nitrogen and oxygen atoms in total. The number of nitrogens with two attached hydrogens (primary N) is 1. The normalized spacial score (nSPS) is 12.4. The largest absolute Gasteiger partial charge is 0.334 e. The Morgan fingerprint density at radius 3 is 2.68 bits per heavy atom. The Balaban J connectivity index is 1.57. The first-order valence-corrected chi connectivity index (χ1v) is 9.69. The SMILES string of the molecule is C[C@H]([NH2+]Cc1nc2sc(-c3ccccc3)cc2c(=O)[nH]1)c1ccc(F)cc1F.